The zero-order chi connectivity index (χ0) is 21.8. The molecule has 0 radical (unpaired) electrons. The summed E-state index contributed by atoms with van der Waals surface area (Å²) < 4.78 is 29.8. The molecule has 0 saturated heterocycles. The van der Waals surface area contributed by atoms with Gasteiger partial charge in [0.25, 0.3) is 0 Å². The number of methoxy groups -OCH3 is 1. The quantitative estimate of drug-likeness (QED) is 0.749. The van der Waals surface area contributed by atoms with Gasteiger partial charge in [-0.2, -0.15) is 5.10 Å². The Balaban J connectivity index is 1.45. The number of nitrogens with zero attached hydrogens (tertiary/aromatic N) is 3. The van der Waals surface area contributed by atoms with Gasteiger partial charge in [0, 0.05) is 12.8 Å². The first kappa shape index (κ1) is 20.5. The number of nitrogens with two attached hydrogens (primary N) is 1. The van der Waals surface area contributed by atoms with Crippen LogP contribution in [0.3, 0.4) is 0 Å². The summed E-state index contributed by atoms with van der Waals surface area (Å²) in [6.45, 7) is 2.64. The first-order valence-electron chi connectivity index (χ1n) is 10.6. The van der Waals surface area contributed by atoms with Crippen LogP contribution in [0, 0.1) is 0 Å². The van der Waals surface area contributed by atoms with Gasteiger partial charge in [0.1, 0.15) is 4.90 Å². The number of hydrogen-bond donors (Lipinski definition) is 2. The average Bonchev–Trinajstić information content (AvgIpc) is 3.43. The van der Waals surface area contributed by atoms with Crippen molar-refractivity contribution in [3.63, 3.8) is 0 Å². The first-order chi connectivity index (χ1) is 14.8. The number of urea groups is 1. The second-order valence-corrected chi connectivity index (χ2v) is 10.5. The van der Waals surface area contributed by atoms with E-state index in [0.717, 1.165) is 44.2 Å². The second-order valence-electron chi connectivity index (χ2n) is 8.78. The van der Waals surface area contributed by atoms with E-state index in [2.05, 4.69) is 20.8 Å². The highest BCUT2D eigenvalue weighted by molar-refractivity contribution is 7.91. The molecular formula is C21H27N5O4S. The number of carbonyl (C=O) groups excluding carboxylic acids is 1. The molecule has 3 N–H and O–H groups in total. The summed E-state index contributed by atoms with van der Waals surface area (Å²) >= 11 is 0. The molecule has 5 rings (SSSR count). The summed E-state index contributed by atoms with van der Waals surface area (Å²) in [6.07, 6.45) is 7.42. The SMILES string of the molecule is COC[C@@]1(C)Cn2ncc([S@](N)(=O)=NC(=O)Nc3c4c(cc5c3CCC5)CCC4)c2O1. The lowest BCUT2D eigenvalue weighted by Gasteiger charge is -2.21. The Morgan fingerprint density at radius 2 is 2.00 bits per heavy atom. The van der Waals surface area contributed by atoms with Crippen LogP contribution in [0.5, 0.6) is 5.88 Å². The first-order valence-corrected chi connectivity index (χ1v) is 12.1. The molecule has 2 amide bonds. The Bertz CT molecular complexity index is 1160. The number of rotatable bonds is 4. The molecular weight excluding hydrogens is 418 g/mol. The number of amides is 2. The van der Waals surface area contributed by atoms with Crippen LogP contribution in [-0.2, 0) is 46.9 Å². The summed E-state index contributed by atoms with van der Waals surface area (Å²) in [7, 11) is -1.96. The maximum absolute atomic E-state index is 13.2. The van der Waals surface area contributed by atoms with Crippen LogP contribution in [0.4, 0.5) is 10.5 Å². The molecule has 9 nitrogen and oxygen atoms in total. The molecule has 31 heavy (non-hydrogen) atoms. The minimum Gasteiger partial charge on any atom is -0.466 e. The molecule has 10 heteroatoms. The Labute approximate surface area is 181 Å². The number of fused-ring (bicyclic) bond motifs is 3. The van der Waals surface area contributed by atoms with Gasteiger partial charge in [0.15, 0.2) is 15.5 Å². The van der Waals surface area contributed by atoms with Crippen LogP contribution >= 0.6 is 0 Å². The maximum atomic E-state index is 13.2. The fourth-order valence-electron chi connectivity index (χ4n) is 5.01. The van der Waals surface area contributed by atoms with Gasteiger partial charge in [0.2, 0.25) is 5.88 Å². The summed E-state index contributed by atoms with van der Waals surface area (Å²) in [5, 5.41) is 13.2. The van der Waals surface area contributed by atoms with Gasteiger partial charge in [-0.15, -0.1) is 4.36 Å². The van der Waals surface area contributed by atoms with Crippen molar-refractivity contribution in [3.8, 4) is 5.88 Å². The van der Waals surface area contributed by atoms with E-state index in [1.54, 1.807) is 11.8 Å². The third kappa shape index (κ3) is 3.52. The third-order valence-corrected chi connectivity index (χ3v) is 7.62. The van der Waals surface area contributed by atoms with E-state index in [0.29, 0.717) is 13.2 Å². The smallest absolute Gasteiger partial charge is 0.354 e. The Hall–Kier alpha value is -2.43. The van der Waals surface area contributed by atoms with Crippen molar-refractivity contribution >= 4 is 21.6 Å². The highest BCUT2D eigenvalue weighted by Gasteiger charge is 2.39. The van der Waals surface area contributed by atoms with E-state index in [9.17, 15) is 9.00 Å². The van der Waals surface area contributed by atoms with E-state index < -0.39 is 21.5 Å². The van der Waals surface area contributed by atoms with E-state index in [1.807, 2.05) is 6.92 Å². The molecule has 2 heterocycles. The van der Waals surface area contributed by atoms with Crippen LogP contribution in [0.1, 0.15) is 42.0 Å². The van der Waals surface area contributed by atoms with Crippen molar-refractivity contribution in [1.29, 1.82) is 0 Å². The summed E-state index contributed by atoms with van der Waals surface area (Å²) in [6, 6.07) is 1.58. The Morgan fingerprint density at radius 1 is 1.32 bits per heavy atom. The van der Waals surface area contributed by atoms with Crippen molar-refractivity contribution in [3.05, 3.63) is 34.5 Å². The number of benzene rings is 1. The molecule has 2 aromatic rings. The largest absolute Gasteiger partial charge is 0.466 e. The number of hydrogen-bond acceptors (Lipinski definition) is 5. The van der Waals surface area contributed by atoms with Crippen LogP contribution < -0.4 is 15.2 Å². The molecule has 1 aromatic heterocycles. The fraction of sp³-hybridized carbons (Fsp3) is 0.524. The van der Waals surface area contributed by atoms with Crippen LogP contribution in [0.15, 0.2) is 21.5 Å². The zero-order valence-electron chi connectivity index (χ0n) is 17.8. The molecule has 0 fully saturated rings. The monoisotopic (exact) mass is 445 g/mol. The average molecular weight is 446 g/mol. The standard InChI is InChI=1S/C21H27N5O4S/c1-21(12-29-2)11-26-19(30-21)17(10-23-26)31(22,28)25-20(27)24-18-15-7-3-5-13(15)9-14-6-4-8-16(14)18/h9-10H,3-8,11-12H2,1-2H3,(H3,22,24,25,27,28)/t21-,31-/m1/s1. The van der Waals surface area contributed by atoms with Gasteiger partial charge >= 0.3 is 6.03 Å². The summed E-state index contributed by atoms with van der Waals surface area (Å²) in [5.41, 5.74) is 5.15. The lowest BCUT2D eigenvalue weighted by Crippen LogP contribution is -2.36. The molecule has 0 spiro atoms. The maximum Gasteiger partial charge on any atom is 0.354 e. The fourth-order valence-corrected chi connectivity index (χ4v) is 5.99. The van der Waals surface area contributed by atoms with Crippen molar-refractivity contribution in [1.82, 2.24) is 9.78 Å². The molecule has 1 aromatic carbocycles. The number of aryl methyl sites for hydroxylation is 2. The van der Waals surface area contributed by atoms with Gasteiger partial charge in [-0.3, -0.25) is 0 Å². The van der Waals surface area contributed by atoms with E-state index in [-0.39, 0.29) is 10.8 Å². The number of aromatic nitrogens is 2. The normalized spacial score (nSPS) is 22.9. The van der Waals surface area contributed by atoms with Gasteiger partial charge in [-0.05, 0) is 67.7 Å². The van der Waals surface area contributed by atoms with Crippen molar-refractivity contribution in [2.45, 2.75) is 62.5 Å². The van der Waals surface area contributed by atoms with Gasteiger partial charge < -0.3 is 14.8 Å². The second kappa shape index (κ2) is 7.32. The van der Waals surface area contributed by atoms with Gasteiger partial charge in [-0.25, -0.2) is 18.8 Å². The minimum atomic E-state index is -3.54. The highest BCUT2D eigenvalue weighted by Crippen LogP contribution is 2.39. The predicted octanol–water partition coefficient (Wildman–Crippen LogP) is 2.59. The van der Waals surface area contributed by atoms with Gasteiger partial charge in [-0.1, -0.05) is 6.07 Å². The summed E-state index contributed by atoms with van der Waals surface area (Å²) in [4.78, 5) is 12.9. The van der Waals surface area contributed by atoms with Crippen molar-refractivity contribution in [2.24, 2.45) is 9.50 Å². The minimum absolute atomic E-state index is 0.117. The zero-order valence-corrected chi connectivity index (χ0v) is 18.6. The Kier molecular flexibility index (Phi) is 4.83. The van der Waals surface area contributed by atoms with Crippen LogP contribution in [-0.4, -0.2) is 39.3 Å². The predicted molar refractivity (Wildman–Crippen MR) is 116 cm³/mol. The number of ether oxygens (including phenoxy) is 2. The van der Waals surface area contributed by atoms with E-state index in [4.69, 9.17) is 14.6 Å². The molecule has 0 unspecified atom stereocenters. The van der Waals surface area contributed by atoms with E-state index >= 15 is 0 Å². The summed E-state index contributed by atoms with van der Waals surface area (Å²) in [5.74, 6) is 0.269. The Morgan fingerprint density at radius 3 is 2.65 bits per heavy atom. The third-order valence-electron chi connectivity index (χ3n) is 6.28. The lowest BCUT2D eigenvalue weighted by molar-refractivity contribution is 0.0165. The van der Waals surface area contributed by atoms with E-state index in [1.165, 1.54) is 28.5 Å². The van der Waals surface area contributed by atoms with Crippen LogP contribution in [0.25, 0.3) is 0 Å². The molecule has 2 aliphatic carbocycles. The van der Waals surface area contributed by atoms with Crippen molar-refractivity contribution in [2.75, 3.05) is 19.0 Å². The number of carbonyl (C=O) groups is 1. The molecule has 1 aliphatic heterocycles. The molecule has 3 aliphatic rings. The van der Waals surface area contributed by atoms with Crippen molar-refractivity contribution < 1.29 is 18.5 Å². The van der Waals surface area contributed by atoms with Crippen LogP contribution in [0.2, 0.25) is 0 Å². The number of anilines is 1. The molecule has 0 saturated carbocycles. The number of nitrogens with one attached hydrogen (secondary N) is 1. The van der Waals surface area contributed by atoms with Gasteiger partial charge in [0.05, 0.1) is 19.3 Å². The lowest BCUT2D eigenvalue weighted by atomic mass is 9.99. The molecule has 2 atom stereocenters. The topological polar surface area (TPSA) is 121 Å². The molecule has 166 valence electrons. The molecule has 0 bridgehead atoms. The highest BCUT2D eigenvalue weighted by atomic mass is 32.2.